The van der Waals surface area contributed by atoms with Gasteiger partial charge < -0.3 is 10.2 Å². The van der Waals surface area contributed by atoms with Gasteiger partial charge >= 0.3 is 6.18 Å². The van der Waals surface area contributed by atoms with E-state index in [1.807, 2.05) is 24.3 Å². The first-order valence-corrected chi connectivity index (χ1v) is 12.1. The minimum Gasteiger partial charge on any atom is -0.317 e. The molecule has 1 aromatic carbocycles. The lowest BCUT2D eigenvalue weighted by atomic mass is 9.75. The molecule has 0 bridgehead atoms. The highest BCUT2D eigenvalue weighted by Gasteiger charge is 2.59. The minimum absolute atomic E-state index is 0.0809. The highest BCUT2D eigenvalue weighted by molar-refractivity contribution is 7.81. The van der Waals surface area contributed by atoms with Crippen LogP contribution in [0.4, 0.5) is 24.5 Å². The van der Waals surface area contributed by atoms with Gasteiger partial charge in [0, 0.05) is 5.69 Å². The number of rotatable bonds is 4. The average Bonchev–Trinajstić information content (AvgIpc) is 3.06. The topological polar surface area (TPSA) is 72.3 Å². The highest BCUT2D eigenvalue weighted by atomic mass is 32.1. The number of pyridine rings is 1. The Bertz CT molecular complexity index is 1200. The molecule has 2 aliphatic heterocycles. The monoisotopic (exact) mass is 499 g/mol. The number of nitriles is 1. The van der Waals surface area contributed by atoms with Gasteiger partial charge in [0.2, 0.25) is 0 Å². The Hall–Kier alpha value is -3.03. The van der Waals surface area contributed by atoms with Gasteiger partial charge in [0.25, 0.3) is 5.91 Å². The van der Waals surface area contributed by atoms with Crippen molar-refractivity contribution in [3.63, 3.8) is 0 Å². The summed E-state index contributed by atoms with van der Waals surface area (Å²) in [6.45, 7) is 2.07. The molecule has 182 valence electrons. The van der Waals surface area contributed by atoms with Crippen molar-refractivity contribution in [1.29, 1.82) is 5.26 Å². The zero-order valence-corrected chi connectivity index (χ0v) is 19.8. The molecular formula is C25H24F3N5OS. The van der Waals surface area contributed by atoms with Crippen LogP contribution < -0.4 is 15.1 Å². The number of nitrogens with zero attached hydrogens (tertiary/aromatic N) is 4. The number of carbonyl (C=O) groups excluding carboxylic acids is 1. The zero-order chi connectivity index (χ0) is 24.8. The Morgan fingerprint density at radius 1 is 1.17 bits per heavy atom. The molecule has 0 unspecified atom stereocenters. The van der Waals surface area contributed by atoms with E-state index in [2.05, 4.69) is 10.3 Å². The summed E-state index contributed by atoms with van der Waals surface area (Å²) in [4.78, 5) is 20.2. The number of hydrogen-bond donors (Lipinski definition) is 1. The van der Waals surface area contributed by atoms with E-state index in [4.69, 9.17) is 17.5 Å². The van der Waals surface area contributed by atoms with Crippen molar-refractivity contribution in [2.24, 2.45) is 5.92 Å². The van der Waals surface area contributed by atoms with Crippen LogP contribution in [-0.2, 0) is 17.4 Å². The second-order valence-corrected chi connectivity index (χ2v) is 9.77. The van der Waals surface area contributed by atoms with E-state index < -0.39 is 23.0 Å². The van der Waals surface area contributed by atoms with E-state index in [-0.39, 0.29) is 16.7 Å². The first-order valence-electron chi connectivity index (χ1n) is 11.7. The predicted octanol–water partition coefficient (Wildman–Crippen LogP) is 4.57. The third kappa shape index (κ3) is 4.06. The molecule has 0 radical (unpaired) electrons. The Labute approximate surface area is 206 Å². The molecule has 3 aliphatic rings. The van der Waals surface area contributed by atoms with E-state index >= 15 is 0 Å². The van der Waals surface area contributed by atoms with Crippen molar-refractivity contribution < 1.29 is 18.0 Å². The SMILES string of the molecule is N#Cc1ncc(N2C(=O)C3(CCC3)N(c3ccc(CC4CCNCC4)cc3)C2=S)cc1C(F)(F)F. The molecule has 1 aliphatic carbocycles. The Morgan fingerprint density at radius 3 is 2.43 bits per heavy atom. The van der Waals surface area contributed by atoms with Crippen molar-refractivity contribution in [3.05, 3.63) is 53.3 Å². The van der Waals surface area contributed by atoms with Crippen LogP contribution in [0.2, 0.25) is 0 Å². The lowest BCUT2D eigenvalue weighted by molar-refractivity contribution is -0.138. The summed E-state index contributed by atoms with van der Waals surface area (Å²) in [6.07, 6.45) is 1.55. The third-order valence-corrected chi connectivity index (χ3v) is 7.68. The molecule has 1 aromatic heterocycles. The molecule has 0 atom stereocenters. The van der Waals surface area contributed by atoms with E-state index in [0.717, 1.165) is 61.6 Å². The number of carbonyl (C=O) groups is 1. The summed E-state index contributed by atoms with van der Waals surface area (Å²) in [7, 11) is 0. The normalized spacial score (nSPS) is 20.3. The maximum atomic E-state index is 13.6. The van der Waals surface area contributed by atoms with Crippen molar-refractivity contribution in [3.8, 4) is 6.07 Å². The van der Waals surface area contributed by atoms with Crippen LogP contribution in [0.1, 0.15) is 48.9 Å². The van der Waals surface area contributed by atoms with Crippen molar-refractivity contribution in [1.82, 2.24) is 10.3 Å². The maximum absolute atomic E-state index is 13.6. The predicted molar refractivity (Wildman–Crippen MR) is 129 cm³/mol. The minimum atomic E-state index is -4.78. The molecule has 3 heterocycles. The molecule has 6 nitrogen and oxygen atoms in total. The Morgan fingerprint density at radius 2 is 1.86 bits per heavy atom. The summed E-state index contributed by atoms with van der Waals surface area (Å²) >= 11 is 5.66. The van der Waals surface area contributed by atoms with Crippen LogP contribution in [0.25, 0.3) is 0 Å². The van der Waals surface area contributed by atoms with Gasteiger partial charge in [-0.15, -0.1) is 0 Å². The number of hydrogen-bond acceptors (Lipinski definition) is 5. The average molecular weight is 500 g/mol. The fraction of sp³-hybridized carbons (Fsp3) is 0.440. The van der Waals surface area contributed by atoms with Crippen LogP contribution in [-0.4, -0.2) is 34.6 Å². The van der Waals surface area contributed by atoms with Crippen molar-refractivity contribution in [2.45, 2.75) is 50.2 Å². The molecule has 35 heavy (non-hydrogen) atoms. The van der Waals surface area contributed by atoms with Gasteiger partial charge in [-0.2, -0.15) is 18.4 Å². The summed E-state index contributed by atoms with van der Waals surface area (Å²) in [5, 5.41) is 12.6. The molecule has 1 spiro atoms. The van der Waals surface area contributed by atoms with Gasteiger partial charge in [-0.1, -0.05) is 12.1 Å². The number of nitrogens with one attached hydrogen (secondary N) is 1. The molecule has 3 fully saturated rings. The highest BCUT2D eigenvalue weighted by Crippen LogP contribution is 2.48. The quantitative estimate of drug-likeness (QED) is 0.622. The smallest absolute Gasteiger partial charge is 0.317 e. The van der Waals surface area contributed by atoms with Gasteiger partial charge in [-0.05, 0) is 93.5 Å². The Kier molecular flexibility index (Phi) is 6.01. The van der Waals surface area contributed by atoms with E-state index in [0.29, 0.717) is 18.8 Å². The van der Waals surface area contributed by atoms with Crippen LogP contribution >= 0.6 is 12.2 Å². The van der Waals surface area contributed by atoms with Gasteiger partial charge in [-0.25, -0.2) is 4.98 Å². The second kappa shape index (κ2) is 8.88. The van der Waals surface area contributed by atoms with Gasteiger partial charge in [0.05, 0.1) is 17.4 Å². The number of benzene rings is 1. The standard InChI is InChI=1S/C25H24F3N5OS/c26-25(27,28)20-13-19(15-31-21(20)14-29)32-22(34)24(8-1-9-24)33(23(32)35)18-4-2-16(3-5-18)12-17-6-10-30-11-7-17/h2-5,13,15,17,30H,1,6-12H2. The van der Waals surface area contributed by atoms with Gasteiger partial charge in [0.15, 0.2) is 10.8 Å². The summed E-state index contributed by atoms with van der Waals surface area (Å²) in [6, 6.07) is 10.2. The zero-order valence-electron chi connectivity index (χ0n) is 18.9. The molecule has 10 heteroatoms. The number of amides is 1. The van der Waals surface area contributed by atoms with Crippen molar-refractivity contribution >= 4 is 34.6 Å². The van der Waals surface area contributed by atoms with Crippen LogP contribution in [0.15, 0.2) is 36.5 Å². The van der Waals surface area contributed by atoms with Crippen LogP contribution in [0, 0.1) is 17.2 Å². The van der Waals surface area contributed by atoms with Crippen LogP contribution in [0.3, 0.4) is 0 Å². The molecule has 2 aromatic rings. The number of alkyl halides is 3. The molecule has 1 N–H and O–H groups in total. The first kappa shape index (κ1) is 23.7. The van der Waals surface area contributed by atoms with E-state index in [1.165, 1.54) is 11.6 Å². The first-order chi connectivity index (χ1) is 16.7. The number of anilines is 2. The van der Waals surface area contributed by atoms with Crippen molar-refractivity contribution in [2.75, 3.05) is 22.9 Å². The number of thiocarbonyl (C=S) groups is 1. The summed E-state index contributed by atoms with van der Waals surface area (Å²) < 4.78 is 40.6. The van der Waals surface area contributed by atoms with E-state index in [1.54, 1.807) is 4.90 Å². The fourth-order valence-electron chi connectivity index (χ4n) is 5.29. The van der Waals surface area contributed by atoms with Gasteiger partial charge in [-0.3, -0.25) is 9.69 Å². The number of aromatic nitrogens is 1. The lowest BCUT2D eigenvalue weighted by Crippen LogP contribution is -2.55. The van der Waals surface area contributed by atoms with Crippen LogP contribution in [0.5, 0.6) is 0 Å². The Balaban J connectivity index is 1.46. The summed E-state index contributed by atoms with van der Waals surface area (Å²) in [5.74, 6) is 0.281. The maximum Gasteiger partial charge on any atom is 0.419 e. The number of halogens is 3. The largest absolute Gasteiger partial charge is 0.419 e. The molecule has 1 amide bonds. The molecular weight excluding hydrogens is 475 g/mol. The number of piperidine rings is 1. The van der Waals surface area contributed by atoms with Gasteiger partial charge in [0.1, 0.15) is 11.6 Å². The summed E-state index contributed by atoms with van der Waals surface area (Å²) in [5.41, 5.74) is -0.947. The fourth-order valence-corrected chi connectivity index (χ4v) is 5.76. The lowest BCUT2D eigenvalue weighted by Gasteiger charge is -2.43. The molecule has 2 saturated heterocycles. The third-order valence-electron chi connectivity index (χ3n) is 7.31. The molecule has 1 saturated carbocycles. The molecule has 5 rings (SSSR count). The second-order valence-electron chi connectivity index (χ2n) is 9.41. The van der Waals surface area contributed by atoms with E-state index in [9.17, 15) is 18.0 Å².